The number of aromatic hydroxyl groups is 1. The molecule has 3 aliphatic carbocycles. The summed E-state index contributed by atoms with van der Waals surface area (Å²) in [7, 11) is 4.71. The Labute approximate surface area is 236 Å². The van der Waals surface area contributed by atoms with Crippen molar-refractivity contribution in [3.8, 4) is 5.75 Å². The fourth-order valence-electron chi connectivity index (χ4n) is 7.25. The molecule has 0 spiro atoms. The van der Waals surface area contributed by atoms with E-state index < -0.39 is 69.6 Å². The molecule has 0 aromatic heterocycles. The van der Waals surface area contributed by atoms with Gasteiger partial charge in [-0.15, -0.1) is 0 Å². The van der Waals surface area contributed by atoms with Crippen molar-refractivity contribution in [2.24, 2.45) is 23.5 Å². The first-order valence-corrected chi connectivity index (χ1v) is 13.7. The Bertz CT molecular complexity index is 1380. The normalized spacial score (nSPS) is 29.1. The van der Waals surface area contributed by atoms with E-state index in [9.17, 15) is 34.8 Å². The molecule has 6 N–H and O–H groups in total. The third-order valence-electron chi connectivity index (χ3n) is 9.23. The number of fused-ring (bicyclic) bond motifs is 3. The molecular weight excluding hydrogens is 537 g/mol. The van der Waals surface area contributed by atoms with Crippen molar-refractivity contribution in [3.63, 3.8) is 0 Å². The average molecular weight is 574 g/mol. The molecule has 0 radical (unpaired) electrons. The number of methoxy groups -OCH3 is 1. The fraction of sp³-hybridized carbons (Fsp3) is 0.552. The Morgan fingerprint density at radius 3 is 2.46 bits per heavy atom. The minimum Gasteiger partial charge on any atom is -0.508 e. The first kappa shape index (κ1) is 29.2. The number of nitrogens with zero attached hydrogens (tertiary/aromatic N) is 2. The van der Waals surface area contributed by atoms with Gasteiger partial charge in [0.15, 0.2) is 11.4 Å². The number of hydrogen-bond donors (Lipinski definition) is 5. The number of phenols is 1. The molecule has 1 aromatic carbocycles. The Hall–Kier alpha value is -3.32. The summed E-state index contributed by atoms with van der Waals surface area (Å²) >= 11 is 0. The van der Waals surface area contributed by atoms with Crippen LogP contribution < -0.4 is 5.73 Å². The first-order chi connectivity index (χ1) is 19.3. The third-order valence-corrected chi connectivity index (χ3v) is 9.23. The number of aliphatic hydroxyl groups is 3. The molecule has 1 amide bonds. The fourth-order valence-corrected chi connectivity index (χ4v) is 7.25. The van der Waals surface area contributed by atoms with E-state index in [-0.39, 0.29) is 41.6 Å². The van der Waals surface area contributed by atoms with Gasteiger partial charge in [0.05, 0.1) is 11.6 Å². The number of aliphatic hydroxyl groups excluding tert-OH is 2. The highest BCUT2D eigenvalue weighted by Gasteiger charge is 2.64. The van der Waals surface area contributed by atoms with E-state index in [4.69, 9.17) is 10.5 Å². The van der Waals surface area contributed by atoms with Gasteiger partial charge in [0.2, 0.25) is 5.78 Å². The number of phenolic OH excluding ortho intramolecular Hbond substituents is 1. The Balaban J connectivity index is 1.55. The van der Waals surface area contributed by atoms with Gasteiger partial charge >= 0.3 is 0 Å². The minimum atomic E-state index is -2.73. The Morgan fingerprint density at radius 2 is 1.88 bits per heavy atom. The molecular formula is C29H36FN3O8. The number of hydrogen-bond acceptors (Lipinski definition) is 10. The smallest absolute Gasteiger partial charge is 0.255 e. The van der Waals surface area contributed by atoms with Gasteiger partial charge < -0.3 is 30.9 Å². The summed E-state index contributed by atoms with van der Waals surface area (Å²) in [5, 5.41) is 44.7. The summed E-state index contributed by atoms with van der Waals surface area (Å²) in [6.45, 7) is 2.40. The van der Waals surface area contributed by atoms with Crippen LogP contribution in [0.1, 0.15) is 36.0 Å². The van der Waals surface area contributed by atoms with E-state index in [0.717, 1.165) is 25.9 Å². The highest BCUT2D eigenvalue weighted by Crippen LogP contribution is 2.53. The SMILES string of the molecule is COCC1CCN(Cc2cc(O)c3c(c2F)C[C@H]2C[C@H]4[C@H](N(C)C)C(=O)C(C(N)=O)=C(O)[C@@]4(O)C(=O)C2=C3O)CC1. The molecule has 1 aromatic rings. The van der Waals surface area contributed by atoms with Crippen LogP contribution in [0.2, 0.25) is 0 Å². The average Bonchev–Trinajstić information content (AvgIpc) is 2.90. The number of amides is 1. The molecule has 222 valence electrons. The second-order valence-electron chi connectivity index (χ2n) is 11.9. The van der Waals surface area contributed by atoms with Crippen LogP contribution in [-0.4, -0.2) is 100 Å². The van der Waals surface area contributed by atoms with Gasteiger partial charge in [-0.3, -0.25) is 24.2 Å². The lowest BCUT2D eigenvalue weighted by Crippen LogP contribution is -2.65. The van der Waals surface area contributed by atoms with Crippen molar-refractivity contribution in [2.75, 3.05) is 40.9 Å². The predicted octanol–water partition coefficient (Wildman–Crippen LogP) is 0.962. The number of likely N-dealkylation sites (tertiary alicyclic amines) is 1. The molecule has 12 heteroatoms. The molecule has 4 atom stereocenters. The van der Waals surface area contributed by atoms with Crippen LogP contribution in [0.15, 0.2) is 23.0 Å². The summed E-state index contributed by atoms with van der Waals surface area (Å²) < 4.78 is 21.2. The van der Waals surface area contributed by atoms with Crippen LogP contribution in [-0.2, 0) is 32.1 Å². The van der Waals surface area contributed by atoms with Gasteiger partial charge in [-0.05, 0) is 70.8 Å². The van der Waals surface area contributed by atoms with E-state index in [1.54, 1.807) is 7.11 Å². The van der Waals surface area contributed by atoms with Crippen molar-refractivity contribution in [3.05, 3.63) is 45.5 Å². The van der Waals surface area contributed by atoms with Crippen molar-refractivity contribution < 1.29 is 43.9 Å². The highest BCUT2D eigenvalue weighted by atomic mass is 19.1. The van der Waals surface area contributed by atoms with E-state index in [0.29, 0.717) is 12.5 Å². The summed E-state index contributed by atoms with van der Waals surface area (Å²) in [6.07, 6.45) is 1.62. The van der Waals surface area contributed by atoms with Crippen molar-refractivity contribution in [1.29, 1.82) is 0 Å². The lowest BCUT2D eigenvalue weighted by Gasteiger charge is -2.50. The van der Waals surface area contributed by atoms with E-state index in [2.05, 4.69) is 4.90 Å². The number of piperidine rings is 1. The summed E-state index contributed by atoms with van der Waals surface area (Å²) in [5.74, 6) is -7.75. The zero-order valence-electron chi connectivity index (χ0n) is 23.3. The zero-order chi connectivity index (χ0) is 30.0. The molecule has 5 rings (SSSR count). The van der Waals surface area contributed by atoms with Crippen LogP contribution in [0, 0.1) is 23.6 Å². The molecule has 1 saturated heterocycles. The van der Waals surface area contributed by atoms with Crippen LogP contribution in [0.4, 0.5) is 4.39 Å². The van der Waals surface area contributed by atoms with Gasteiger partial charge in [0, 0.05) is 42.9 Å². The first-order valence-electron chi connectivity index (χ1n) is 13.7. The maximum Gasteiger partial charge on any atom is 0.255 e. The molecule has 41 heavy (non-hydrogen) atoms. The minimum absolute atomic E-state index is 0.0416. The summed E-state index contributed by atoms with van der Waals surface area (Å²) in [6, 6.07) is 0.0411. The number of carbonyl (C=O) groups is 3. The summed E-state index contributed by atoms with van der Waals surface area (Å²) in [4.78, 5) is 42.6. The highest BCUT2D eigenvalue weighted by molar-refractivity contribution is 6.24. The molecule has 1 heterocycles. The lowest BCUT2D eigenvalue weighted by atomic mass is 9.57. The third kappa shape index (κ3) is 4.44. The second kappa shape index (κ2) is 10.5. The molecule has 0 unspecified atom stereocenters. The zero-order valence-corrected chi connectivity index (χ0v) is 23.3. The van der Waals surface area contributed by atoms with Gasteiger partial charge in [-0.25, -0.2) is 4.39 Å². The number of Topliss-reactive ketones (excluding diaryl/α,β-unsaturated/α-hetero) is 2. The van der Waals surface area contributed by atoms with Gasteiger partial charge in [-0.2, -0.15) is 0 Å². The molecule has 1 saturated carbocycles. The van der Waals surface area contributed by atoms with Crippen molar-refractivity contribution in [1.82, 2.24) is 9.80 Å². The molecule has 11 nitrogen and oxygen atoms in total. The van der Waals surface area contributed by atoms with Crippen molar-refractivity contribution in [2.45, 2.75) is 43.9 Å². The van der Waals surface area contributed by atoms with E-state index in [1.807, 2.05) is 0 Å². The topological polar surface area (TPSA) is 174 Å². The summed E-state index contributed by atoms with van der Waals surface area (Å²) in [5.41, 5.74) is 1.47. The number of halogens is 1. The number of benzene rings is 1. The van der Waals surface area contributed by atoms with Crippen LogP contribution in [0.5, 0.6) is 5.75 Å². The number of rotatable bonds is 6. The largest absolute Gasteiger partial charge is 0.508 e. The second-order valence-corrected chi connectivity index (χ2v) is 11.9. The monoisotopic (exact) mass is 573 g/mol. The van der Waals surface area contributed by atoms with Gasteiger partial charge in [0.1, 0.15) is 28.7 Å². The van der Waals surface area contributed by atoms with E-state index in [1.165, 1.54) is 25.1 Å². The molecule has 0 bridgehead atoms. The molecule has 2 fully saturated rings. The van der Waals surface area contributed by atoms with Crippen molar-refractivity contribution >= 4 is 23.2 Å². The van der Waals surface area contributed by atoms with Gasteiger partial charge in [-0.1, -0.05) is 0 Å². The Morgan fingerprint density at radius 1 is 1.22 bits per heavy atom. The quantitative estimate of drug-likeness (QED) is 0.309. The number of nitrogens with two attached hydrogens (primary N) is 1. The number of primary amides is 1. The lowest BCUT2D eigenvalue weighted by molar-refractivity contribution is -0.153. The standard InChI is InChI=1S/C29H36FN3O8/c1-32(2)23-17-9-14-8-16-20(18(34)10-15(22(16)30)11-33-6-4-13(5-7-33)12-41-3)24(35)19(14)26(37)29(17,40)27(38)21(25(23)36)28(31)39/h10,13-14,17,23,34-35,38,40H,4-9,11-12H2,1-3H3,(H2,31,39)/t14-,17-,23-,29-/m0/s1. The van der Waals surface area contributed by atoms with Crippen LogP contribution >= 0.6 is 0 Å². The maximum absolute atomic E-state index is 16.0. The van der Waals surface area contributed by atoms with Crippen LogP contribution in [0.3, 0.4) is 0 Å². The number of carbonyl (C=O) groups excluding carboxylic acids is 3. The Kier molecular flexibility index (Phi) is 7.48. The van der Waals surface area contributed by atoms with E-state index >= 15 is 4.39 Å². The molecule has 1 aliphatic heterocycles. The molecule has 4 aliphatic rings. The number of ketones is 2. The number of ether oxygens (including phenoxy) is 1. The maximum atomic E-state index is 16.0. The number of likely N-dealkylation sites (N-methyl/N-ethyl adjacent to an activating group) is 1. The van der Waals surface area contributed by atoms with Crippen LogP contribution in [0.25, 0.3) is 5.76 Å². The predicted molar refractivity (Wildman–Crippen MR) is 144 cm³/mol. The van der Waals surface area contributed by atoms with Gasteiger partial charge in [0.25, 0.3) is 5.91 Å².